The van der Waals surface area contributed by atoms with Gasteiger partial charge in [0.15, 0.2) is 0 Å². The highest BCUT2D eigenvalue weighted by atomic mass is 19.1. The molecular formula is C13H16FNO2. The second kappa shape index (κ2) is 5.27. The molecule has 0 aliphatic carbocycles. The molecule has 0 bridgehead atoms. The molecule has 0 aromatic heterocycles. The van der Waals surface area contributed by atoms with Crippen LogP contribution in [0.2, 0.25) is 0 Å². The molecular weight excluding hydrogens is 221 g/mol. The number of amides is 1. The predicted octanol–water partition coefficient (Wildman–Crippen LogP) is 2.50. The van der Waals surface area contributed by atoms with Crippen LogP contribution in [0.5, 0.6) is 0 Å². The van der Waals surface area contributed by atoms with Crippen molar-refractivity contribution in [3.05, 3.63) is 29.6 Å². The molecule has 0 unspecified atom stereocenters. The summed E-state index contributed by atoms with van der Waals surface area (Å²) in [5.41, 5.74) is 1.10. The average molecular weight is 237 g/mol. The Morgan fingerprint density at radius 1 is 1.41 bits per heavy atom. The number of carbonyl (C=O) groups is 1. The van der Waals surface area contributed by atoms with Crippen molar-refractivity contribution < 1.29 is 13.9 Å². The quantitative estimate of drug-likeness (QED) is 0.858. The van der Waals surface area contributed by atoms with Crippen molar-refractivity contribution in [3.8, 4) is 0 Å². The van der Waals surface area contributed by atoms with Crippen LogP contribution in [0, 0.1) is 18.7 Å². The van der Waals surface area contributed by atoms with Gasteiger partial charge in [-0.05, 0) is 37.5 Å². The maximum atomic E-state index is 13.5. The summed E-state index contributed by atoms with van der Waals surface area (Å²) in [6.07, 6.45) is 1.42. The van der Waals surface area contributed by atoms with E-state index >= 15 is 0 Å². The van der Waals surface area contributed by atoms with Crippen LogP contribution in [0.25, 0.3) is 0 Å². The van der Waals surface area contributed by atoms with Crippen molar-refractivity contribution in [2.75, 3.05) is 18.5 Å². The molecule has 1 saturated heterocycles. The highest BCUT2D eigenvalue weighted by Gasteiger charge is 2.22. The number of ether oxygens (including phenoxy) is 1. The van der Waals surface area contributed by atoms with Gasteiger partial charge in [-0.3, -0.25) is 4.79 Å². The molecule has 1 aliphatic heterocycles. The van der Waals surface area contributed by atoms with Crippen molar-refractivity contribution in [2.45, 2.75) is 19.8 Å². The maximum absolute atomic E-state index is 13.5. The number of carbonyl (C=O) groups excluding carboxylic acids is 1. The Balaban J connectivity index is 2.02. The van der Waals surface area contributed by atoms with E-state index in [1.807, 2.05) is 6.92 Å². The number of benzene rings is 1. The second-order valence-corrected chi connectivity index (χ2v) is 4.36. The van der Waals surface area contributed by atoms with Gasteiger partial charge in [0.1, 0.15) is 5.82 Å². The van der Waals surface area contributed by atoms with Crippen LogP contribution in [0.15, 0.2) is 18.2 Å². The number of hydrogen-bond donors (Lipinski definition) is 1. The molecule has 1 heterocycles. The summed E-state index contributed by atoms with van der Waals surface area (Å²) >= 11 is 0. The summed E-state index contributed by atoms with van der Waals surface area (Å²) in [7, 11) is 0. The first-order valence-corrected chi connectivity index (χ1v) is 5.81. The molecule has 0 saturated carbocycles. The van der Waals surface area contributed by atoms with Gasteiger partial charge in [-0.15, -0.1) is 0 Å². The number of nitrogens with one attached hydrogen (secondary N) is 1. The molecule has 1 aliphatic rings. The lowest BCUT2D eigenvalue weighted by atomic mass is 9.99. The first-order valence-electron chi connectivity index (χ1n) is 5.81. The zero-order chi connectivity index (χ0) is 12.3. The van der Waals surface area contributed by atoms with E-state index in [-0.39, 0.29) is 23.3 Å². The SMILES string of the molecule is Cc1ccc(NC(=O)C2CCOCC2)c(F)c1. The number of anilines is 1. The second-order valence-electron chi connectivity index (χ2n) is 4.36. The van der Waals surface area contributed by atoms with Gasteiger partial charge in [-0.2, -0.15) is 0 Å². The minimum Gasteiger partial charge on any atom is -0.381 e. The van der Waals surface area contributed by atoms with Crippen LogP contribution in [-0.4, -0.2) is 19.1 Å². The van der Waals surface area contributed by atoms with Gasteiger partial charge < -0.3 is 10.1 Å². The number of halogens is 1. The van der Waals surface area contributed by atoms with Gasteiger partial charge in [-0.25, -0.2) is 4.39 Å². The van der Waals surface area contributed by atoms with Crippen LogP contribution < -0.4 is 5.32 Å². The van der Waals surface area contributed by atoms with Crippen LogP contribution in [0.1, 0.15) is 18.4 Å². The lowest BCUT2D eigenvalue weighted by Gasteiger charge is -2.21. The van der Waals surface area contributed by atoms with E-state index in [0.717, 1.165) is 5.56 Å². The van der Waals surface area contributed by atoms with E-state index in [9.17, 15) is 9.18 Å². The maximum Gasteiger partial charge on any atom is 0.227 e. The summed E-state index contributed by atoms with van der Waals surface area (Å²) in [4.78, 5) is 11.9. The van der Waals surface area contributed by atoms with Gasteiger partial charge >= 0.3 is 0 Å². The minimum absolute atomic E-state index is 0.0653. The Hall–Kier alpha value is -1.42. The van der Waals surface area contributed by atoms with E-state index in [1.54, 1.807) is 12.1 Å². The molecule has 0 radical (unpaired) electrons. The average Bonchev–Trinajstić information content (AvgIpc) is 2.34. The Kier molecular flexibility index (Phi) is 3.74. The third-order valence-corrected chi connectivity index (χ3v) is 2.97. The minimum atomic E-state index is -0.384. The summed E-state index contributed by atoms with van der Waals surface area (Å²) < 4.78 is 18.7. The summed E-state index contributed by atoms with van der Waals surface area (Å²) in [6.45, 7) is 3.02. The zero-order valence-electron chi connectivity index (χ0n) is 9.83. The summed E-state index contributed by atoms with van der Waals surface area (Å²) in [5.74, 6) is -0.564. The van der Waals surface area contributed by atoms with E-state index in [0.29, 0.717) is 26.1 Å². The molecule has 17 heavy (non-hydrogen) atoms. The van der Waals surface area contributed by atoms with Gasteiger partial charge in [-0.1, -0.05) is 6.07 Å². The zero-order valence-corrected chi connectivity index (χ0v) is 9.83. The Labute approximate surface area is 100.0 Å². The van der Waals surface area contributed by atoms with Crippen LogP contribution in [0.3, 0.4) is 0 Å². The van der Waals surface area contributed by atoms with Crippen LogP contribution in [0.4, 0.5) is 10.1 Å². The summed E-state index contributed by atoms with van der Waals surface area (Å²) in [6, 6.07) is 4.80. The number of hydrogen-bond acceptors (Lipinski definition) is 2. The van der Waals surface area contributed by atoms with E-state index in [2.05, 4.69) is 5.32 Å². The molecule has 1 fully saturated rings. The van der Waals surface area contributed by atoms with Gasteiger partial charge in [0, 0.05) is 19.1 Å². The van der Waals surface area contributed by atoms with Crippen molar-refractivity contribution in [2.24, 2.45) is 5.92 Å². The fourth-order valence-electron chi connectivity index (χ4n) is 1.92. The van der Waals surface area contributed by atoms with Gasteiger partial charge in [0.05, 0.1) is 5.69 Å². The van der Waals surface area contributed by atoms with Gasteiger partial charge in [0.2, 0.25) is 5.91 Å². The molecule has 0 atom stereocenters. The molecule has 4 heteroatoms. The van der Waals surface area contributed by atoms with Gasteiger partial charge in [0.25, 0.3) is 0 Å². The molecule has 0 spiro atoms. The van der Waals surface area contributed by atoms with Crippen molar-refractivity contribution in [1.29, 1.82) is 0 Å². The number of rotatable bonds is 2. The monoisotopic (exact) mass is 237 g/mol. The topological polar surface area (TPSA) is 38.3 Å². The number of aryl methyl sites for hydroxylation is 1. The highest BCUT2D eigenvalue weighted by Crippen LogP contribution is 2.20. The molecule has 1 amide bonds. The Morgan fingerprint density at radius 3 is 2.76 bits per heavy atom. The summed E-state index contributed by atoms with van der Waals surface area (Å²) in [5, 5.41) is 2.64. The molecule has 1 aromatic carbocycles. The van der Waals surface area contributed by atoms with Crippen LogP contribution >= 0.6 is 0 Å². The van der Waals surface area contributed by atoms with Crippen molar-refractivity contribution in [3.63, 3.8) is 0 Å². The third-order valence-electron chi connectivity index (χ3n) is 2.97. The molecule has 1 N–H and O–H groups in total. The molecule has 2 rings (SSSR count). The van der Waals surface area contributed by atoms with Crippen molar-refractivity contribution >= 4 is 11.6 Å². The van der Waals surface area contributed by atoms with E-state index < -0.39 is 0 Å². The molecule has 92 valence electrons. The fourth-order valence-corrected chi connectivity index (χ4v) is 1.92. The first-order chi connectivity index (χ1) is 8.16. The predicted molar refractivity (Wildman–Crippen MR) is 63.3 cm³/mol. The third kappa shape index (κ3) is 3.03. The van der Waals surface area contributed by atoms with E-state index in [4.69, 9.17) is 4.74 Å². The lowest BCUT2D eigenvalue weighted by Crippen LogP contribution is -2.28. The molecule has 3 nitrogen and oxygen atoms in total. The normalized spacial score (nSPS) is 16.8. The van der Waals surface area contributed by atoms with E-state index in [1.165, 1.54) is 6.07 Å². The fraction of sp³-hybridized carbons (Fsp3) is 0.462. The lowest BCUT2D eigenvalue weighted by molar-refractivity contribution is -0.122. The Bertz CT molecular complexity index is 414. The smallest absolute Gasteiger partial charge is 0.227 e. The highest BCUT2D eigenvalue weighted by molar-refractivity contribution is 5.92. The Morgan fingerprint density at radius 2 is 2.12 bits per heavy atom. The molecule has 1 aromatic rings. The first kappa shape index (κ1) is 12.0. The van der Waals surface area contributed by atoms with Crippen LogP contribution in [-0.2, 0) is 9.53 Å². The standard InChI is InChI=1S/C13H16FNO2/c1-9-2-3-12(11(14)8-9)15-13(16)10-4-6-17-7-5-10/h2-3,8,10H,4-7H2,1H3,(H,15,16). The largest absolute Gasteiger partial charge is 0.381 e. The van der Waals surface area contributed by atoms with Crippen molar-refractivity contribution in [1.82, 2.24) is 0 Å².